The smallest absolute Gasteiger partial charge is 0.333 e. The minimum absolute atomic E-state index is 0.0971. The summed E-state index contributed by atoms with van der Waals surface area (Å²) in [5, 5.41) is 2.72. The van der Waals surface area contributed by atoms with Gasteiger partial charge < -0.3 is 24.4 Å². The molecule has 2 rings (SSSR count). The van der Waals surface area contributed by atoms with Gasteiger partial charge in [-0.15, -0.1) is 6.42 Å². The molecule has 0 saturated carbocycles. The van der Waals surface area contributed by atoms with Gasteiger partial charge in [-0.2, -0.15) is 0 Å². The van der Waals surface area contributed by atoms with E-state index in [2.05, 4.69) is 17.8 Å². The Morgan fingerprint density at radius 2 is 2.30 bits per heavy atom. The van der Waals surface area contributed by atoms with Gasteiger partial charge in [-0.05, 0) is 25.1 Å². The zero-order chi connectivity index (χ0) is 19.6. The van der Waals surface area contributed by atoms with Gasteiger partial charge in [0.05, 0.1) is 19.7 Å². The van der Waals surface area contributed by atoms with Crippen LogP contribution in [0.15, 0.2) is 36.4 Å². The molecule has 0 aromatic heterocycles. The van der Waals surface area contributed by atoms with Crippen LogP contribution in [0.5, 0.6) is 5.75 Å². The normalized spacial score (nSPS) is 16.1. The van der Waals surface area contributed by atoms with Crippen LogP contribution in [-0.4, -0.2) is 62.5 Å². The number of hydrogen-bond acceptors (Lipinski definition) is 5. The van der Waals surface area contributed by atoms with E-state index in [4.69, 9.17) is 20.6 Å². The van der Waals surface area contributed by atoms with Crippen molar-refractivity contribution in [2.24, 2.45) is 0 Å². The zero-order valence-electron chi connectivity index (χ0n) is 15.4. The standard InChI is InChI=1S/C20H24N2O5/c1-4-16-6-5-7-17(12-16)27-14-18-13-22(9-11-25-18)20(24)21-8-10-26-19(23)15(2)3/h1,5-7,12,18H,2,8-11,13-14H2,3H3,(H,21,24). The number of ether oxygens (including phenoxy) is 3. The molecular weight excluding hydrogens is 348 g/mol. The number of carbonyl (C=O) groups is 2. The Labute approximate surface area is 159 Å². The van der Waals surface area contributed by atoms with Crippen molar-refractivity contribution < 1.29 is 23.8 Å². The predicted octanol–water partition coefficient (Wildman–Crippen LogP) is 1.58. The quantitative estimate of drug-likeness (QED) is 0.340. The molecule has 7 heteroatoms. The third kappa shape index (κ3) is 6.68. The number of urea groups is 1. The molecule has 1 saturated heterocycles. The van der Waals surface area contributed by atoms with E-state index in [0.717, 1.165) is 5.56 Å². The summed E-state index contributed by atoms with van der Waals surface area (Å²) in [6.45, 7) is 7.03. The molecule has 1 aromatic rings. The second kappa shape index (κ2) is 10.2. The molecule has 7 nitrogen and oxygen atoms in total. The Morgan fingerprint density at radius 1 is 1.48 bits per heavy atom. The molecule has 1 aromatic carbocycles. The predicted molar refractivity (Wildman–Crippen MR) is 100 cm³/mol. The van der Waals surface area contributed by atoms with E-state index < -0.39 is 5.97 Å². The van der Waals surface area contributed by atoms with Crippen LogP contribution in [0.25, 0.3) is 0 Å². The first-order valence-corrected chi connectivity index (χ1v) is 8.66. The first kappa shape index (κ1) is 20.3. The second-order valence-corrected chi connectivity index (χ2v) is 6.07. The fourth-order valence-electron chi connectivity index (χ4n) is 2.41. The summed E-state index contributed by atoms with van der Waals surface area (Å²) in [6, 6.07) is 7.01. The van der Waals surface area contributed by atoms with E-state index >= 15 is 0 Å². The monoisotopic (exact) mass is 372 g/mol. The van der Waals surface area contributed by atoms with Crippen LogP contribution in [0, 0.1) is 12.3 Å². The molecule has 1 aliphatic rings. The van der Waals surface area contributed by atoms with Crippen LogP contribution in [0.3, 0.4) is 0 Å². The van der Waals surface area contributed by atoms with Gasteiger partial charge in [0.15, 0.2) is 0 Å². The van der Waals surface area contributed by atoms with Crippen molar-refractivity contribution in [1.29, 1.82) is 0 Å². The maximum Gasteiger partial charge on any atom is 0.333 e. The fraction of sp³-hybridized carbons (Fsp3) is 0.400. The van der Waals surface area contributed by atoms with Crippen molar-refractivity contribution in [2.75, 3.05) is 39.5 Å². The molecule has 144 valence electrons. The van der Waals surface area contributed by atoms with Crippen molar-refractivity contribution in [3.8, 4) is 18.1 Å². The lowest BCUT2D eigenvalue weighted by Gasteiger charge is -2.32. The number of nitrogens with one attached hydrogen (secondary N) is 1. The lowest BCUT2D eigenvalue weighted by atomic mass is 10.2. The average molecular weight is 372 g/mol. The van der Waals surface area contributed by atoms with Gasteiger partial charge >= 0.3 is 12.0 Å². The molecule has 0 spiro atoms. The fourth-order valence-corrected chi connectivity index (χ4v) is 2.41. The van der Waals surface area contributed by atoms with Crippen LogP contribution in [-0.2, 0) is 14.3 Å². The maximum absolute atomic E-state index is 12.2. The molecule has 1 unspecified atom stereocenters. The summed E-state index contributed by atoms with van der Waals surface area (Å²) in [6.07, 6.45) is 5.14. The van der Waals surface area contributed by atoms with E-state index in [1.165, 1.54) is 0 Å². The number of amides is 2. The van der Waals surface area contributed by atoms with Crippen molar-refractivity contribution >= 4 is 12.0 Å². The van der Waals surface area contributed by atoms with E-state index in [0.29, 0.717) is 37.6 Å². The number of morpholine rings is 1. The van der Waals surface area contributed by atoms with Crippen molar-refractivity contribution in [3.05, 3.63) is 42.0 Å². The minimum atomic E-state index is -0.471. The first-order chi connectivity index (χ1) is 13.0. The van der Waals surface area contributed by atoms with Crippen LogP contribution in [0.4, 0.5) is 4.79 Å². The topological polar surface area (TPSA) is 77.1 Å². The number of carbonyl (C=O) groups excluding carboxylic acids is 2. The summed E-state index contributed by atoms with van der Waals surface area (Å²) in [4.78, 5) is 25.1. The Kier molecular flexibility index (Phi) is 7.71. The van der Waals surface area contributed by atoms with Gasteiger partial charge in [0, 0.05) is 17.7 Å². The molecule has 1 atom stereocenters. The van der Waals surface area contributed by atoms with Gasteiger partial charge in [0.1, 0.15) is 25.1 Å². The van der Waals surface area contributed by atoms with E-state index in [1.807, 2.05) is 18.2 Å². The Morgan fingerprint density at radius 3 is 3.04 bits per heavy atom. The Hall–Kier alpha value is -2.98. The van der Waals surface area contributed by atoms with Gasteiger partial charge in [-0.1, -0.05) is 18.6 Å². The highest BCUT2D eigenvalue weighted by molar-refractivity contribution is 5.86. The highest BCUT2D eigenvalue weighted by Gasteiger charge is 2.24. The molecule has 1 fully saturated rings. The molecular formula is C20H24N2O5. The summed E-state index contributed by atoms with van der Waals surface area (Å²) >= 11 is 0. The van der Waals surface area contributed by atoms with E-state index in [-0.39, 0.29) is 25.3 Å². The summed E-state index contributed by atoms with van der Waals surface area (Å²) in [5.41, 5.74) is 1.07. The van der Waals surface area contributed by atoms with E-state index in [9.17, 15) is 9.59 Å². The highest BCUT2D eigenvalue weighted by atomic mass is 16.5. The van der Waals surface area contributed by atoms with Crippen LogP contribution in [0.2, 0.25) is 0 Å². The second-order valence-electron chi connectivity index (χ2n) is 6.07. The van der Waals surface area contributed by atoms with Crippen molar-refractivity contribution in [3.63, 3.8) is 0 Å². The zero-order valence-corrected chi connectivity index (χ0v) is 15.4. The SMILES string of the molecule is C#Cc1cccc(OCC2CN(C(=O)NCCOC(=O)C(=C)C)CCO2)c1. The van der Waals surface area contributed by atoms with Crippen molar-refractivity contribution in [1.82, 2.24) is 10.2 Å². The average Bonchev–Trinajstić information content (AvgIpc) is 2.69. The van der Waals surface area contributed by atoms with E-state index in [1.54, 1.807) is 17.9 Å². The van der Waals surface area contributed by atoms with Gasteiger partial charge in [0.2, 0.25) is 0 Å². The largest absolute Gasteiger partial charge is 0.491 e. The molecule has 0 aliphatic carbocycles. The summed E-state index contributed by atoms with van der Waals surface area (Å²) in [5.74, 6) is 2.75. The Balaban J connectivity index is 1.72. The molecule has 1 heterocycles. The lowest BCUT2D eigenvalue weighted by Crippen LogP contribution is -2.51. The molecule has 0 radical (unpaired) electrons. The molecule has 1 aliphatic heterocycles. The molecule has 2 amide bonds. The summed E-state index contributed by atoms with van der Waals surface area (Å²) < 4.78 is 16.3. The number of terminal acetylenes is 1. The molecule has 0 bridgehead atoms. The van der Waals surface area contributed by atoms with Crippen LogP contribution >= 0.6 is 0 Å². The van der Waals surface area contributed by atoms with Crippen LogP contribution < -0.4 is 10.1 Å². The highest BCUT2D eigenvalue weighted by Crippen LogP contribution is 2.14. The molecule has 27 heavy (non-hydrogen) atoms. The third-order valence-electron chi connectivity index (χ3n) is 3.82. The van der Waals surface area contributed by atoms with Gasteiger partial charge in [-0.25, -0.2) is 9.59 Å². The first-order valence-electron chi connectivity index (χ1n) is 8.66. The minimum Gasteiger partial charge on any atom is -0.491 e. The maximum atomic E-state index is 12.2. The number of nitrogens with zero attached hydrogens (tertiary/aromatic N) is 1. The van der Waals surface area contributed by atoms with Gasteiger partial charge in [0.25, 0.3) is 0 Å². The Bertz CT molecular complexity index is 725. The number of rotatable bonds is 7. The van der Waals surface area contributed by atoms with Crippen molar-refractivity contribution in [2.45, 2.75) is 13.0 Å². The number of hydrogen-bond donors (Lipinski definition) is 1. The number of esters is 1. The number of benzene rings is 1. The van der Waals surface area contributed by atoms with Crippen LogP contribution in [0.1, 0.15) is 12.5 Å². The lowest BCUT2D eigenvalue weighted by molar-refractivity contribution is -0.138. The summed E-state index contributed by atoms with van der Waals surface area (Å²) in [7, 11) is 0. The third-order valence-corrected chi connectivity index (χ3v) is 3.82. The van der Waals surface area contributed by atoms with Gasteiger partial charge in [-0.3, -0.25) is 0 Å². The molecule has 1 N–H and O–H groups in total.